The summed E-state index contributed by atoms with van der Waals surface area (Å²) in [6, 6.07) is 15.6. The van der Waals surface area contributed by atoms with Gasteiger partial charge >= 0.3 is 0 Å². The number of aromatic nitrogens is 1. The predicted octanol–water partition coefficient (Wildman–Crippen LogP) is 1.30. The van der Waals surface area contributed by atoms with Crippen molar-refractivity contribution < 1.29 is 9.53 Å². The van der Waals surface area contributed by atoms with Crippen molar-refractivity contribution in [2.45, 2.75) is 18.6 Å². The first kappa shape index (κ1) is 15.6. The van der Waals surface area contributed by atoms with Crippen LogP contribution in [0.3, 0.4) is 0 Å². The highest BCUT2D eigenvalue weighted by atomic mass is 16.5. The number of morpholine rings is 1. The van der Waals surface area contributed by atoms with Crippen LogP contribution < -0.4 is 10.6 Å². The SMILES string of the molecule is O=C(NCc1ccccc1)[C@]1(Cc2ccccn2)CNCCO1. The lowest BCUT2D eigenvalue weighted by molar-refractivity contribution is -0.151. The Morgan fingerprint density at radius 2 is 2.04 bits per heavy atom. The molecule has 0 unspecified atom stereocenters. The highest BCUT2D eigenvalue weighted by molar-refractivity contribution is 5.86. The second-order valence-electron chi connectivity index (χ2n) is 5.69. The molecule has 1 fully saturated rings. The molecule has 5 nitrogen and oxygen atoms in total. The Kier molecular flexibility index (Phi) is 5.00. The van der Waals surface area contributed by atoms with Crippen molar-refractivity contribution in [3.63, 3.8) is 0 Å². The molecule has 23 heavy (non-hydrogen) atoms. The molecule has 0 saturated carbocycles. The first-order chi connectivity index (χ1) is 11.3. The van der Waals surface area contributed by atoms with Crippen LogP contribution in [0.4, 0.5) is 0 Å². The van der Waals surface area contributed by atoms with Crippen molar-refractivity contribution in [2.24, 2.45) is 0 Å². The van der Waals surface area contributed by atoms with Crippen molar-refractivity contribution >= 4 is 5.91 Å². The van der Waals surface area contributed by atoms with Gasteiger partial charge < -0.3 is 15.4 Å². The molecule has 1 aliphatic rings. The number of carbonyl (C=O) groups excluding carboxylic acids is 1. The number of carbonyl (C=O) groups is 1. The van der Waals surface area contributed by atoms with Crippen molar-refractivity contribution in [3.05, 3.63) is 66.0 Å². The van der Waals surface area contributed by atoms with E-state index in [9.17, 15) is 4.79 Å². The molecule has 1 aromatic heterocycles. The zero-order valence-corrected chi connectivity index (χ0v) is 13.0. The average Bonchev–Trinajstić information content (AvgIpc) is 2.62. The van der Waals surface area contributed by atoms with E-state index in [0.29, 0.717) is 26.1 Å². The minimum atomic E-state index is -0.901. The third-order valence-corrected chi connectivity index (χ3v) is 3.97. The minimum Gasteiger partial charge on any atom is -0.362 e. The number of rotatable bonds is 5. The van der Waals surface area contributed by atoms with E-state index < -0.39 is 5.60 Å². The van der Waals surface area contributed by atoms with Gasteiger partial charge in [0.2, 0.25) is 0 Å². The lowest BCUT2D eigenvalue weighted by atomic mass is 9.94. The molecule has 2 heterocycles. The summed E-state index contributed by atoms with van der Waals surface area (Å²) in [4.78, 5) is 17.1. The molecule has 2 N–H and O–H groups in total. The summed E-state index contributed by atoms with van der Waals surface area (Å²) in [5.41, 5.74) is 1.02. The van der Waals surface area contributed by atoms with E-state index in [1.165, 1.54) is 0 Å². The molecule has 2 aromatic rings. The molecule has 1 amide bonds. The van der Waals surface area contributed by atoms with Crippen LogP contribution in [0.5, 0.6) is 0 Å². The van der Waals surface area contributed by atoms with E-state index in [1.54, 1.807) is 6.20 Å². The molecule has 5 heteroatoms. The van der Waals surface area contributed by atoms with E-state index >= 15 is 0 Å². The first-order valence-electron chi connectivity index (χ1n) is 7.85. The maximum absolute atomic E-state index is 12.8. The minimum absolute atomic E-state index is 0.0980. The molecule has 1 aliphatic heterocycles. The largest absolute Gasteiger partial charge is 0.362 e. The molecule has 1 atom stereocenters. The van der Waals surface area contributed by atoms with Gasteiger partial charge in [0.1, 0.15) is 0 Å². The maximum Gasteiger partial charge on any atom is 0.254 e. The molecular weight excluding hydrogens is 290 g/mol. The number of hydrogen-bond acceptors (Lipinski definition) is 4. The molecule has 1 saturated heterocycles. The standard InChI is InChI=1S/C18H21N3O2/c22-17(21-13-15-6-2-1-3-7-15)18(14-19-10-11-23-18)12-16-8-4-5-9-20-16/h1-9,19H,10-14H2,(H,21,22)/t18-/m0/s1. The topological polar surface area (TPSA) is 63.2 Å². The predicted molar refractivity (Wildman–Crippen MR) is 87.8 cm³/mol. The first-order valence-corrected chi connectivity index (χ1v) is 7.85. The summed E-state index contributed by atoms with van der Waals surface area (Å²) >= 11 is 0. The van der Waals surface area contributed by atoms with Crippen molar-refractivity contribution in [3.8, 4) is 0 Å². The number of nitrogens with one attached hydrogen (secondary N) is 2. The Morgan fingerprint density at radius 3 is 2.74 bits per heavy atom. The quantitative estimate of drug-likeness (QED) is 0.874. The van der Waals surface area contributed by atoms with Crippen LogP contribution in [-0.4, -0.2) is 36.2 Å². The fourth-order valence-corrected chi connectivity index (χ4v) is 2.73. The van der Waals surface area contributed by atoms with Gasteiger partial charge in [-0.2, -0.15) is 0 Å². The van der Waals surface area contributed by atoms with Crippen LogP contribution in [0.15, 0.2) is 54.7 Å². The van der Waals surface area contributed by atoms with Crippen molar-refractivity contribution in [2.75, 3.05) is 19.7 Å². The van der Waals surface area contributed by atoms with Gasteiger partial charge in [-0.1, -0.05) is 36.4 Å². The van der Waals surface area contributed by atoms with Crippen LogP contribution in [0.25, 0.3) is 0 Å². The summed E-state index contributed by atoms with van der Waals surface area (Å²) in [7, 11) is 0. The van der Waals surface area contributed by atoms with E-state index in [4.69, 9.17) is 4.74 Å². The van der Waals surface area contributed by atoms with Crippen LogP contribution in [-0.2, 0) is 22.5 Å². The number of ether oxygens (including phenoxy) is 1. The van der Waals surface area contributed by atoms with Gasteiger partial charge in [0.05, 0.1) is 6.61 Å². The van der Waals surface area contributed by atoms with Gasteiger partial charge in [-0.15, -0.1) is 0 Å². The Labute approximate surface area is 136 Å². The number of nitrogens with zero attached hydrogens (tertiary/aromatic N) is 1. The van der Waals surface area contributed by atoms with Crippen LogP contribution in [0, 0.1) is 0 Å². The smallest absolute Gasteiger partial charge is 0.254 e. The van der Waals surface area contributed by atoms with Gasteiger partial charge in [0, 0.05) is 37.9 Å². The van der Waals surface area contributed by atoms with E-state index in [0.717, 1.165) is 17.8 Å². The molecule has 1 aromatic carbocycles. The summed E-state index contributed by atoms with van der Waals surface area (Å²) in [6.07, 6.45) is 2.20. The number of pyridine rings is 1. The highest BCUT2D eigenvalue weighted by Crippen LogP contribution is 2.19. The molecule has 0 radical (unpaired) electrons. The Hall–Kier alpha value is -2.24. The fraction of sp³-hybridized carbons (Fsp3) is 0.333. The normalized spacial score (nSPS) is 20.9. The Balaban J connectivity index is 1.71. The van der Waals surface area contributed by atoms with E-state index in [-0.39, 0.29) is 5.91 Å². The second-order valence-corrected chi connectivity index (χ2v) is 5.69. The van der Waals surface area contributed by atoms with Gasteiger partial charge in [-0.05, 0) is 17.7 Å². The zero-order chi connectivity index (χ0) is 16.0. The van der Waals surface area contributed by atoms with Crippen LogP contribution >= 0.6 is 0 Å². The van der Waals surface area contributed by atoms with Gasteiger partial charge in [0.15, 0.2) is 5.60 Å². The zero-order valence-electron chi connectivity index (χ0n) is 13.0. The molecule has 0 spiro atoms. The van der Waals surface area contributed by atoms with E-state index in [1.807, 2.05) is 48.5 Å². The second kappa shape index (κ2) is 7.35. The maximum atomic E-state index is 12.8. The number of amides is 1. The van der Waals surface area contributed by atoms with Crippen LogP contribution in [0.1, 0.15) is 11.3 Å². The fourth-order valence-electron chi connectivity index (χ4n) is 2.73. The molecule has 0 bridgehead atoms. The van der Waals surface area contributed by atoms with Gasteiger partial charge in [-0.25, -0.2) is 0 Å². The molecular formula is C18H21N3O2. The Bertz CT molecular complexity index is 625. The summed E-state index contributed by atoms with van der Waals surface area (Å²) in [5.74, 6) is -0.0980. The molecule has 3 rings (SSSR count). The van der Waals surface area contributed by atoms with Crippen molar-refractivity contribution in [1.82, 2.24) is 15.6 Å². The lowest BCUT2D eigenvalue weighted by Crippen LogP contribution is -2.60. The molecule has 120 valence electrons. The van der Waals surface area contributed by atoms with Gasteiger partial charge in [-0.3, -0.25) is 9.78 Å². The third kappa shape index (κ3) is 3.94. The number of benzene rings is 1. The highest BCUT2D eigenvalue weighted by Gasteiger charge is 2.41. The monoisotopic (exact) mass is 311 g/mol. The Morgan fingerprint density at radius 1 is 1.22 bits per heavy atom. The summed E-state index contributed by atoms with van der Waals surface area (Å²) in [5, 5.41) is 6.26. The molecule has 0 aliphatic carbocycles. The number of hydrogen-bond donors (Lipinski definition) is 2. The van der Waals surface area contributed by atoms with Gasteiger partial charge in [0.25, 0.3) is 5.91 Å². The lowest BCUT2D eigenvalue weighted by Gasteiger charge is -2.36. The van der Waals surface area contributed by atoms with Crippen molar-refractivity contribution in [1.29, 1.82) is 0 Å². The summed E-state index contributed by atoms with van der Waals surface area (Å²) < 4.78 is 5.91. The third-order valence-electron chi connectivity index (χ3n) is 3.97. The summed E-state index contributed by atoms with van der Waals surface area (Å²) in [6.45, 7) is 2.26. The average molecular weight is 311 g/mol. The van der Waals surface area contributed by atoms with Crippen LogP contribution in [0.2, 0.25) is 0 Å². The van der Waals surface area contributed by atoms with E-state index in [2.05, 4.69) is 15.6 Å².